The molecule has 1 aromatic rings. The number of hydrogen-bond donors (Lipinski definition) is 1. The highest BCUT2D eigenvalue weighted by atomic mass is 16.4. The molecule has 0 saturated carbocycles. The molecule has 0 amide bonds. The zero-order valence-electron chi connectivity index (χ0n) is 9.84. The molecule has 4 heteroatoms. The largest absolute Gasteiger partial charge is 0.481 e. The van der Waals surface area contributed by atoms with Crippen LogP contribution in [-0.4, -0.2) is 30.5 Å². The highest BCUT2D eigenvalue weighted by molar-refractivity contribution is 5.80. The molecule has 0 fully saturated rings. The summed E-state index contributed by atoms with van der Waals surface area (Å²) in [5, 5.41) is 8.84. The lowest BCUT2D eigenvalue weighted by Crippen LogP contribution is -2.18. The molecular formula is C13H16N2O2. The van der Waals surface area contributed by atoms with Crippen LogP contribution in [0.1, 0.15) is 12.5 Å². The first-order valence-corrected chi connectivity index (χ1v) is 5.75. The fourth-order valence-corrected chi connectivity index (χ4v) is 1.84. The predicted octanol–water partition coefficient (Wildman–Crippen LogP) is 1.80. The maximum atomic E-state index is 10.8. The summed E-state index contributed by atoms with van der Waals surface area (Å²) in [6.45, 7) is 3.49. The minimum atomic E-state index is -0.749. The van der Waals surface area contributed by atoms with Crippen molar-refractivity contribution in [3.63, 3.8) is 0 Å². The Bertz CT molecular complexity index is 426. The zero-order valence-corrected chi connectivity index (χ0v) is 9.84. The van der Waals surface area contributed by atoms with Gasteiger partial charge in [-0.05, 0) is 24.1 Å². The molecule has 90 valence electrons. The van der Waals surface area contributed by atoms with Crippen molar-refractivity contribution in [2.75, 3.05) is 18.0 Å². The molecule has 1 N–H and O–H groups in total. The van der Waals surface area contributed by atoms with Gasteiger partial charge in [-0.25, -0.2) is 0 Å². The number of carboxylic acid groups (broad SMARTS) is 1. The standard InChI is InChI=1S/C13H16N2O2/c1-10(13(16)17)8-11-2-4-12(5-3-11)15-7-6-14-9-15/h2-5,9-10H,6-8H2,1H3,(H,16,17). The van der Waals surface area contributed by atoms with Crippen molar-refractivity contribution in [1.29, 1.82) is 0 Å². The normalized spacial score (nSPS) is 16.2. The molecular weight excluding hydrogens is 216 g/mol. The van der Waals surface area contributed by atoms with Gasteiger partial charge in [0, 0.05) is 12.2 Å². The van der Waals surface area contributed by atoms with E-state index in [1.807, 2.05) is 30.6 Å². The molecule has 1 aliphatic rings. The molecule has 1 unspecified atom stereocenters. The van der Waals surface area contributed by atoms with Gasteiger partial charge in [0.25, 0.3) is 0 Å². The van der Waals surface area contributed by atoms with Gasteiger partial charge in [-0.3, -0.25) is 9.79 Å². The second-order valence-corrected chi connectivity index (χ2v) is 4.32. The highest BCUT2D eigenvalue weighted by Crippen LogP contribution is 2.17. The van der Waals surface area contributed by atoms with Crippen LogP contribution in [0.5, 0.6) is 0 Å². The third-order valence-electron chi connectivity index (χ3n) is 2.92. The van der Waals surface area contributed by atoms with Gasteiger partial charge in [-0.15, -0.1) is 0 Å². The van der Waals surface area contributed by atoms with E-state index in [2.05, 4.69) is 9.89 Å². The first kappa shape index (κ1) is 11.6. The number of nitrogens with zero attached hydrogens (tertiary/aromatic N) is 2. The Kier molecular flexibility index (Phi) is 3.42. The van der Waals surface area contributed by atoms with Crippen LogP contribution in [-0.2, 0) is 11.2 Å². The Balaban J connectivity index is 2.02. The van der Waals surface area contributed by atoms with Crippen molar-refractivity contribution >= 4 is 18.0 Å². The molecule has 1 aliphatic heterocycles. The fourth-order valence-electron chi connectivity index (χ4n) is 1.84. The third-order valence-corrected chi connectivity index (χ3v) is 2.92. The quantitative estimate of drug-likeness (QED) is 0.861. The molecule has 0 spiro atoms. The minimum Gasteiger partial charge on any atom is -0.481 e. The van der Waals surface area contributed by atoms with E-state index in [9.17, 15) is 4.79 Å². The second-order valence-electron chi connectivity index (χ2n) is 4.32. The van der Waals surface area contributed by atoms with Gasteiger partial charge >= 0.3 is 5.97 Å². The number of aliphatic carboxylic acids is 1. The number of aliphatic imine (C=N–C) groups is 1. The molecule has 17 heavy (non-hydrogen) atoms. The van der Waals surface area contributed by atoms with E-state index in [4.69, 9.17) is 5.11 Å². The Labute approximate surface area is 101 Å². The van der Waals surface area contributed by atoms with Gasteiger partial charge < -0.3 is 10.0 Å². The van der Waals surface area contributed by atoms with Crippen molar-refractivity contribution in [3.8, 4) is 0 Å². The summed E-state index contributed by atoms with van der Waals surface area (Å²) in [4.78, 5) is 17.0. The molecule has 1 heterocycles. The lowest BCUT2D eigenvalue weighted by atomic mass is 10.0. The van der Waals surface area contributed by atoms with Crippen LogP contribution < -0.4 is 4.90 Å². The van der Waals surface area contributed by atoms with E-state index in [1.54, 1.807) is 6.92 Å². The van der Waals surface area contributed by atoms with Gasteiger partial charge in [0.1, 0.15) is 0 Å². The van der Waals surface area contributed by atoms with Crippen molar-refractivity contribution in [2.45, 2.75) is 13.3 Å². The number of carboxylic acids is 1. The number of anilines is 1. The SMILES string of the molecule is CC(Cc1ccc(N2C=NCC2)cc1)C(=O)O. The third kappa shape index (κ3) is 2.84. The van der Waals surface area contributed by atoms with Gasteiger partial charge in [0.2, 0.25) is 0 Å². The second kappa shape index (κ2) is 4.99. The molecule has 0 aromatic heterocycles. The summed E-state index contributed by atoms with van der Waals surface area (Å²) in [6.07, 6.45) is 2.42. The molecule has 1 aromatic carbocycles. The summed E-state index contributed by atoms with van der Waals surface area (Å²) in [5.41, 5.74) is 2.16. The van der Waals surface area contributed by atoms with Gasteiger partial charge in [-0.2, -0.15) is 0 Å². The van der Waals surface area contributed by atoms with E-state index in [0.717, 1.165) is 24.3 Å². The topological polar surface area (TPSA) is 52.9 Å². The Morgan fingerprint density at radius 1 is 1.47 bits per heavy atom. The molecule has 0 radical (unpaired) electrons. The Morgan fingerprint density at radius 2 is 2.18 bits per heavy atom. The van der Waals surface area contributed by atoms with E-state index in [0.29, 0.717) is 6.42 Å². The number of benzene rings is 1. The first-order chi connectivity index (χ1) is 8.16. The molecule has 4 nitrogen and oxygen atoms in total. The lowest BCUT2D eigenvalue weighted by Gasteiger charge is -2.14. The lowest BCUT2D eigenvalue weighted by molar-refractivity contribution is -0.141. The van der Waals surface area contributed by atoms with Crippen molar-refractivity contribution < 1.29 is 9.90 Å². The van der Waals surface area contributed by atoms with Crippen LogP contribution in [0.4, 0.5) is 5.69 Å². The van der Waals surface area contributed by atoms with Gasteiger partial charge in [-0.1, -0.05) is 19.1 Å². The molecule has 0 bridgehead atoms. The summed E-state index contributed by atoms with van der Waals surface area (Å²) in [5.74, 6) is -1.09. The van der Waals surface area contributed by atoms with Gasteiger partial charge in [0.05, 0.1) is 18.8 Å². The van der Waals surface area contributed by atoms with E-state index in [1.165, 1.54) is 0 Å². The number of hydrogen-bond acceptors (Lipinski definition) is 3. The average molecular weight is 232 g/mol. The molecule has 0 aliphatic carbocycles. The smallest absolute Gasteiger partial charge is 0.306 e. The Hall–Kier alpha value is -1.84. The van der Waals surface area contributed by atoms with Crippen LogP contribution in [0.3, 0.4) is 0 Å². The van der Waals surface area contributed by atoms with Gasteiger partial charge in [0.15, 0.2) is 0 Å². The zero-order chi connectivity index (χ0) is 12.3. The average Bonchev–Trinajstić information content (AvgIpc) is 2.83. The fraction of sp³-hybridized carbons (Fsp3) is 0.385. The number of carbonyl (C=O) groups is 1. The van der Waals surface area contributed by atoms with Crippen LogP contribution >= 0.6 is 0 Å². The maximum Gasteiger partial charge on any atom is 0.306 e. The van der Waals surface area contributed by atoms with Crippen molar-refractivity contribution in [1.82, 2.24) is 0 Å². The van der Waals surface area contributed by atoms with Crippen LogP contribution in [0.15, 0.2) is 29.3 Å². The monoisotopic (exact) mass is 232 g/mol. The summed E-state index contributed by atoms with van der Waals surface area (Å²) in [7, 11) is 0. The Morgan fingerprint density at radius 3 is 2.71 bits per heavy atom. The predicted molar refractivity (Wildman–Crippen MR) is 67.7 cm³/mol. The maximum absolute atomic E-state index is 10.8. The molecule has 2 rings (SSSR count). The van der Waals surface area contributed by atoms with E-state index in [-0.39, 0.29) is 5.92 Å². The minimum absolute atomic E-state index is 0.339. The van der Waals surface area contributed by atoms with E-state index < -0.39 is 5.97 Å². The van der Waals surface area contributed by atoms with Crippen molar-refractivity contribution in [3.05, 3.63) is 29.8 Å². The summed E-state index contributed by atoms with van der Waals surface area (Å²) < 4.78 is 0. The molecule has 1 atom stereocenters. The van der Waals surface area contributed by atoms with Crippen LogP contribution in [0.2, 0.25) is 0 Å². The highest BCUT2D eigenvalue weighted by Gasteiger charge is 2.12. The summed E-state index contributed by atoms with van der Waals surface area (Å²) >= 11 is 0. The molecule has 0 saturated heterocycles. The van der Waals surface area contributed by atoms with E-state index >= 15 is 0 Å². The summed E-state index contributed by atoms with van der Waals surface area (Å²) in [6, 6.07) is 8.00. The van der Waals surface area contributed by atoms with Crippen LogP contribution in [0.25, 0.3) is 0 Å². The first-order valence-electron chi connectivity index (χ1n) is 5.75. The number of rotatable bonds is 4. The van der Waals surface area contributed by atoms with Crippen LogP contribution in [0, 0.1) is 5.92 Å². The van der Waals surface area contributed by atoms with Crippen molar-refractivity contribution in [2.24, 2.45) is 10.9 Å².